The largest absolute Gasteiger partial charge is 0.504 e. The summed E-state index contributed by atoms with van der Waals surface area (Å²) in [6, 6.07) is 4.57. The molecule has 0 saturated heterocycles. The number of rotatable bonds is 5. The first-order valence-electron chi connectivity index (χ1n) is 6.06. The van der Waals surface area contributed by atoms with Crippen molar-refractivity contribution in [2.24, 2.45) is 10.9 Å². The van der Waals surface area contributed by atoms with E-state index in [-0.39, 0.29) is 22.9 Å². The number of oxime groups is 1. The van der Waals surface area contributed by atoms with Gasteiger partial charge in [-0.3, -0.25) is 4.79 Å². The predicted octanol–water partition coefficient (Wildman–Crippen LogP) is 1.05. The average Bonchev–Trinajstić information content (AvgIpc) is 2.46. The normalized spacial score (nSPS) is 14.4. The molecule has 0 aliphatic carbocycles. The number of benzene rings is 1. The van der Waals surface area contributed by atoms with E-state index in [0.29, 0.717) is 6.42 Å². The monoisotopic (exact) mass is 281 g/mol. The standard InChI is InChI=1S/C13H19N3O4/c1-4-13(2,12(14)16-19)15-11(18)8-6-5-7-9(20-3)10(8)17/h5-7,17,19H,4H2,1-3H3,(H2,14,16)(H,15,18). The molecule has 0 fully saturated rings. The number of phenolic OH excluding ortho intramolecular Hbond substituents is 1. The predicted molar refractivity (Wildman–Crippen MR) is 74.2 cm³/mol. The van der Waals surface area contributed by atoms with Crippen molar-refractivity contribution in [3.8, 4) is 11.5 Å². The third kappa shape index (κ3) is 2.93. The minimum Gasteiger partial charge on any atom is -0.504 e. The van der Waals surface area contributed by atoms with Crippen LogP contribution in [0.5, 0.6) is 11.5 Å². The van der Waals surface area contributed by atoms with Gasteiger partial charge in [-0.05, 0) is 25.5 Å². The molecule has 20 heavy (non-hydrogen) atoms. The molecule has 1 unspecified atom stereocenters. The second-order valence-electron chi connectivity index (χ2n) is 4.48. The van der Waals surface area contributed by atoms with Crippen molar-refractivity contribution >= 4 is 11.7 Å². The quantitative estimate of drug-likeness (QED) is 0.278. The molecule has 0 heterocycles. The van der Waals surface area contributed by atoms with E-state index in [0.717, 1.165) is 0 Å². The van der Waals surface area contributed by atoms with Crippen molar-refractivity contribution in [1.82, 2.24) is 5.32 Å². The van der Waals surface area contributed by atoms with Gasteiger partial charge in [-0.1, -0.05) is 18.1 Å². The van der Waals surface area contributed by atoms with Crippen LogP contribution in [0, 0.1) is 0 Å². The fourth-order valence-electron chi connectivity index (χ4n) is 1.63. The van der Waals surface area contributed by atoms with Gasteiger partial charge in [0.15, 0.2) is 17.3 Å². The first-order valence-corrected chi connectivity index (χ1v) is 6.06. The first-order chi connectivity index (χ1) is 9.39. The lowest BCUT2D eigenvalue weighted by molar-refractivity contribution is 0.0921. The Morgan fingerprint density at radius 3 is 2.70 bits per heavy atom. The number of carbonyl (C=O) groups excluding carboxylic acids is 1. The summed E-state index contributed by atoms with van der Waals surface area (Å²) >= 11 is 0. The number of carbonyl (C=O) groups is 1. The van der Waals surface area contributed by atoms with Crippen molar-refractivity contribution < 1.29 is 19.8 Å². The maximum Gasteiger partial charge on any atom is 0.255 e. The Morgan fingerprint density at radius 2 is 2.20 bits per heavy atom. The van der Waals surface area contributed by atoms with Crippen LogP contribution >= 0.6 is 0 Å². The Labute approximate surface area is 117 Å². The van der Waals surface area contributed by atoms with Crippen molar-refractivity contribution in [3.05, 3.63) is 23.8 Å². The molecule has 0 spiro atoms. The third-order valence-corrected chi connectivity index (χ3v) is 3.23. The van der Waals surface area contributed by atoms with E-state index >= 15 is 0 Å². The van der Waals surface area contributed by atoms with Crippen LogP contribution in [-0.2, 0) is 0 Å². The number of ether oxygens (including phenoxy) is 1. The van der Waals surface area contributed by atoms with E-state index in [1.807, 2.05) is 0 Å². The van der Waals surface area contributed by atoms with Gasteiger partial charge in [-0.25, -0.2) is 0 Å². The zero-order chi connectivity index (χ0) is 15.3. The number of hydrogen-bond donors (Lipinski definition) is 4. The summed E-state index contributed by atoms with van der Waals surface area (Å²) in [5.74, 6) is -0.724. The summed E-state index contributed by atoms with van der Waals surface area (Å²) in [4.78, 5) is 12.2. The smallest absolute Gasteiger partial charge is 0.255 e. The van der Waals surface area contributed by atoms with Gasteiger partial charge >= 0.3 is 0 Å². The number of methoxy groups -OCH3 is 1. The van der Waals surface area contributed by atoms with Crippen LogP contribution in [-0.4, -0.2) is 34.7 Å². The number of nitrogens with one attached hydrogen (secondary N) is 1. The first kappa shape index (κ1) is 15.6. The highest BCUT2D eigenvalue weighted by molar-refractivity contribution is 6.02. The number of amides is 1. The third-order valence-electron chi connectivity index (χ3n) is 3.23. The molecule has 1 amide bonds. The summed E-state index contributed by atoms with van der Waals surface area (Å²) in [6.07, 6.45) is 0.416. The number of nitrogens with two attached hydrogens (primary N) is 1. The summed E-state index contributed by atoms with van der Waals surface area (Å²) in [6.45, 7) is 3.40. The SMILES string of the molecule is CCC(C)(NC(=O)c1cccc(OC)c1O)/C(N)=N/O. The van der Waals surface area contributed by atoms with Crippen LogP contribution in [0.2, 0.25) is 0 Å². The molecule has 0 saturated carbocycles. The van der Waals surface area contributed by atoms with Crippen molar-refractivity contribution in [1.29, 1.82) is 0 Å². The van der Waals surface area contributed by atoms with Gasteiger partial charge in [0.05, 0.1) is 18.2 Å². The molecular weight excluding hydrogens is 262 g/mol. The van der Waals surface area contributed by atoms with Crippen LogP contribution in [0.3, 0.4) is 0 Å². The Hall–Kier alpha value is -2.44. The molecule has 0 bridgehead atoms. The van der Waals surface area contributed by atoms with Gasteiger partial charge < -0.3 is 26.1 Å². The zero-order valence-corrected chi connectivity index (χ0v) is 11.7. The van der Waals surface area contributed by atoms with Crippen LogP contribution in [0.1, 0.15) is 30.6 Å². The van der Waals surface area contributed by atoms with Gasteiger partial charge in [0.2, 0.25) is 0 Å². The summed E-state index contributed by atoms with van der Waals surface area (Å²) < 4.78 is 4.94. The Bertz CT molecular complexity index is 530. The number of amidine groups is 1. The molecule has 1 atom stereocenters. The number of hydrogen-bond acceptors (Lipinski definition) is 5. The number of aromatic hydroxyl groups is 1. The van der Waals surface area contributed by atoms with Gasteiger partial charge in [-0.2, -0.15) is 0 Å². The van der Waals surface area contributed by atoms with Crippen molar-refractivity contribution in [2.45, 2.75) is 25.8 Å². The second kappa shape index (κ2) is 6.14. The molecule has 0 aromatic heterocycles. The number of para-hydroxylation sites is 1. The highest BCUT2D eigenvalue weighted by atomic mass is 16.5. The zero-order valence-electron chi connectivity index (χ0n) is 11.7. The van der Waals surface area contributed by atoms with Crippen molar-refractivity contribution in [3.63, 3.8) is 0 Å². The van der Waals surface area contributed by atoms with Crippen LogP contribution in [0.25, 0.3) is 0 Å². The fourth-order valence-corrected chi connectivity index (χ4v) is 1.63. The molecule has 7 nitrogen and oxygen atoms in total. The molecule has 110 valence electrons. The summed E-state index contributed by atoms with van der Waals surface area (Å²) in [5, 5.41) is 24.3. The minimum atomic E-state index is -1.01. The Morgan fingerprint density at radius 1 is 1.55 bits per heavy atom. The molecule has 5 N–H and O–H groups in total. The van der Waals surface area contributed by atoms with Crippen LogP contribution < -0.4 is 15.8 Å². The maximum atomic E-state index is 12.2. The topological polar surface area (TPSA) is 117 Å². The lowest BCUT2D eigenvalue weighted by atomic mass is 9.96. The molecule has 1 aromatic carbocycles. The van der Waals surface area contributed by atoms with E-state index in [4.69, 9.17) is 15.7 Å². The van der Waals surface area contributed by atoms with Gasteiger partial charge in [0.1, 0.15) is 0 Å². The van der Waals surface area contributed by atoms with E-state index in [1.165, 1.54) is 19.2 Å². The summed E-state index contributed by atoms with van der Waals surface area (Å²) in [7, 11) is 1.39. The molecule has 1 rings (SSSR count). The Balaban J connectivity index is 3.08. The number of nitrogens with zero attached hydrogens (tertiary/aromatic N) is 1. The van der Waals surface area contributed by atoms with E-state index < -0.39 is 11.4 Å². The van der Waals surface area contributed by atoms with Gasteiger partial charge in [0.25, 0.3) is 5.91 Å². The maximum absolute atomic E-state index is 12.2. The van der Waals surface area contributed by atoms with Gasteiger partial charge in [0, 0.05) is 0 Å². The molecule has 7 heteroatoms. The lowest BCUT2D eigenvalue weighted by Gasteiger charge is -2.28. The molecular formula is C13H19N3O4. The summed E-state index contributed by atoms with van der Waals surface area (Å²) in [5.41, 5.74) is 4.62. The lowest BCUT2D eigenvalue weighted by Crippen LogP contribution is -2.55. The van der Waals surface area contributed by atoms with E-state index in [2.05, 4.69) is 10.5 Å². The van der Waals surface area contributed by atoms with Crippen LogP contribution in [0.4, 0.5) is 0 Å². The Kier molecular flexibility index (Phi) is 4.79. The van der Waals surface area contributed by atoms with Crippen LogP contribution in [0.15, 0.2) is 23.4 Å². The molecule has 0 radical (unpaired) electrons. The highest BCUT2D eigenvalue weighted by Crippen LogP contribution is 2.29. The van der Waals surface area contributed by atoms with Crippen molar-refractivity contribution in [2.75, 3.05) is 7.11 Å². The van der Waals surface area contributed by atoms with E-state index in [9.17, 15) is 9.90 Å². The minimum absolute atomic E-state index is 0.0507. The fraction of sp³-hybridized carbons (Fsp3) is 0.385. The average molecular weight is 281 g/mol. The highest BCUT2D eigenvalue weighted by Gasteiger charge is 2.31. The molecule has 0 aliphatic heterocycles. The van der Waals surface area contributed by atoms with E-state index in [1.54, 1.807) is 19.9 Å². The molecule has 1 aromatic rings. The molecule has 0 aliphatic rings. The van der Waals surface area contributed by atoms with Gasteiger partial charge in [-0.15, -0.1) is 0 Å². The number of phenols is 1. The second-order valence-corrected chi connectivity index (χ2v) is 4.48.